The summed E-state index contributed by atoms with van der Waals surface area (Å²) in [5, 5.41) is 9.22. The third-order valence-corrected chi connectivity index (χ3v) is 14.1. The highest BCUT2D eigenvalue weighted by Crippen LogP contribution is 2.49. The number of allylic oxidation sites excluding steroid dienone is 7. The van der Waals surface area contributed by atoms with E-state index in [1.54, 1.807) is 12.1 Å². The van der Waals surface area contributed by atoms with Gasteiger partial charge in [0, 0.05) is 59.6 Å². The van der Waals surface area contributed by atoms with Crippen LogP contribution in [0.25, 0.3) is 0 Å². The zero-order valence-corrected chi connectivity index (χ0v) is 38.2. The van der Waals surface area contributed by atoms with E-state index in [9.17, 15) is 40.4 Å². The third kappa shape index (κ3) is 11.2. The Kier molecular flexibility index (Phi) is 15.1. The maximum Gasteiger partial charge on any atom is 0.303 e. The molecule has 0 bridgehead atoms. The van der Waals surface area contributed by atoms with Crippen LogP contribution in [0.4, 0.5) is 11.4 Å². The van der Waals surface area contributed by atoms with Crippen LogP contribution < -0.4 is 9.64 Å². The molecule has 1 aliphatic carbocycles. The second-order valence-corrected chi connectivity index (χ2v) is 20.6. The highest BCUT2D eigenvalue weighted by atomic mass is 32.2. The molecular weight excluding hydrogens is 849 g/mol. The average molecular weight is 906 g/mol. The minimum atomic E-state index is -4.07. The molecule has 15 heteroatoms. The van der Waals surface area contributed by atoms with Crippen molar-refractivity contribution in [1.82, 2.24) is 0 Å². The summed E-state index contributed by atoms with van der Waals surface area (Å²) in [5.74, 6) is 0.325. The summed E-state index contributed by atoms with van der Waals surface area (Å²) < 4.78 is 84.4. The van der Waals surface area contributed by atoms with Crippen LogP contribution in [0.5, 0.6) is 5.75 Å². The fourth-order valence-corrected chi connectivity index (χ4v) is 10.2. The molecule has 0 saturated carbocycles. The van der Waals surface area contributed by atoms with Crippen molar-refractivity contribution in [2.75, 3.05) is 29.5 Å². The number of hydrogen-bond acceptors (Lipinski definition) is 7. The Morgan fingerprint density at radius 3 is 2.32 bits per heavy atom. The van der Waals surface area contributed by atoms with Gasteiger partial charge in [-0.15, -0.1) is 0 Å². The Morgan fingerprint density at radius 1 is 0.887 bits per heavy atom. The number of fused-ring (bicyclic) bond motifs is 2. The van der Waals surface area contributed by atoms with E-state index >= 15 is 0 Å². The highest BCUT2D eigenvalue weighted by Gasteiger charge is 2.44. The third-order valence-electron chi connectivity index (χ3n) is 12.0. The first kappa shape index (κ1) is 47.0. The SMILES string of the molecule is CC1(C)C(/C=C\C2=C(Oc3ccc(CCC(=O)O)cc3)C(=C\C=C3/N(CCCCS(=O)O)c4ccc(S(=O)O)cc4C3(C)C)/CCC2)=[N+](CCCCS(=O)(=O)O)c2ccccc21. The maximum atomic E-state index is 12.2. The van der Waals surface area contributed by atoms with Crippen LogP contribution in [0.15, 0.2) is 119 Å². The minimum absolute atomic E-state index is 0.0236. The van der Waals surface area contributed by atoms with E-state index in [1.807, 2.05) is 42.5 Å². The lowest BCUT2D eigenvalue weighted by Crippen LogP contribution is -2.28. The van der Waals surface area contributed by atoms with Gasteiger partial charge in [0.05, 0.1) is 16.1 Å². The zero-order valence-electron chi connectivity index (χ0n) is 35.7. The van der Waals surface area contributed by atoms with Crippen molar-refractivity contribution in [1.29, 1.82) is 0 Å². The number of ether oxygens (including phenoxy) is 1. The number of aliphatic carboxylic acids is 1. The Morgan fingerprint density at radius 2 is 1.63 bits per heavy atom. The molecular formula is C47H57N2O10S3+. The molecule has 2 atom stereocenters. The summed E-state index contributed by atoms with van der Waals surface area (Å²) in [6, 6.07) is 21.0. The van der Waals surface area contributed by atoms with Crippen molar-refractivity contribution in [2.45, 2.75) is 101 Å². The number of anilines is 1. The van der Waals surface area contributed by atoms with Crippen LogP contribution in [0, 0.1) is 0 Å². The molecule has 0 aromatic heterocycles. The summed E-state index contributed by atoms with van der Waals surface area (Å²) in [6.45, 7) is 9.67. The Hall–Kier alpha value is -4.51. The molecule has 3 aliphatic rings. The fraction of sp³-hybridized carbons (Fsp3) is 0.404. The van der Waals surface area contributed by atoms with Gasteiger partial charge in [0.25, 0.3) is 10.1 Å². The van der Waals surface area contributed by atoms with Crippen LogP contribution in [-0.4, -0.2) is 76.5 Å². The normalized spacial score (nSPS) is 19.4. The first-order chi connectivity index (χ1) is 29.4. The van der Waals surface area contributed by atoms with E-state index < -0.39 is 43.7 Å². The van der Waals surface area contributed by atoms with Crippen molar-refractivity contribution in [3.05, 3.63) is 130 Å². The van der Waals surface area contributed by atoms with Gasteiger partial charge in [-0.05, 0) is 124 Å². The van der Waals surface area contributed by atoms with Gasteiger partial charge in [0.1, 0.15) is 18.1 Å². The molecule has 0 radical (unpaired) electrons. The lowest BCUT2D eigenvalue weighted by Gasteiger charge is -2.27. The average Bonchev–Trinajstić information content (AvgIpc) is 3.56. The first-order valence-corrected chi connectivity index (χ1v) is 25.0. The van der Waals surface area contributed by atoms with Crippen molar-refractivity contribution in [3.63, 3.8) is 0 Å². The van der Waals surface area contributed by atoms with Gasteiger partial charge in [-0.1, -0.05) is 50.3 Å². The number of nitrogens with zero attached hydrogens (tertiary/aromatic N) is 2. The standard InChI is InChI=1S/C47H56N2O10S3/c1-46(2)38-14-5-6-15-40(38)48(29-8-10-31-62(56,57)58)42(46)25-19-34-12-11-13-35(45(34)59-36-21-16-33(17-22-36)18-27-44(50)51)20-26-43-47(3,4)39-32-37(61(54)55)23-24-41(39)49(43)28-7-9-30-60(52)53/h5-6,14-17,19-26,32H,7-13,18,27-31H2,1-4H3,(H3-,50,51,52,53,54,55,56,57,58)/p+1. The largest absolute Gasteiger partial charge is 0.481 e. The summed E-state index contributed by atoms with van der Waals surface area (Å²) in [4.78, 5) is 13.7. The molecule has 2 unspecified atom stereocenters. The molecule has 0 fully saturated rings. The molecule has 0 spiro atoms. The molecule has 4 N–H and O–H groups in total. The smallest absolute Gasteiger partial charge is 0.303 e. The van der Waals surface area contributed by atoms with Gasteiger partial charge < -0.3 is 23.8 Å². The number of benzene rings is 3. The number of para-hydroxylation sites is 1. The van der Waals surface area contributed by atoms with Crippen molar-refractivity contribution >= 4 is 55.3 Å². The molecule has 3 aromatic carbocycles. The maximum absolute atomic E-state index is 12.2. The number of carboxylic acids is 1. The van der Waals surface area contributed by atoms with Crippen LogP contribution in [-0.2, 0) is 54.3 Å². The first-order valence-electron chi connectivity index (χ1n) is 21.0. The quantitative estimate of drug-likeness (QED) is 0.0390. The van der Waals surface area contributed by atoms with Crippen LogP contribution in [0.3, 0.4) is 0 Å². The van der Waals surface area contributed by atoms with Crippen LogP contribution in [0.2, 0.25) is 0 Å². The lowest BCUT2D eigenvalue weighted by molar-refractivity contribution is -0.438. The van der Waals surface area contributed by atoms with E-state index in [2.05, 4.69) is 73.6 Å². The van der Waals surface area contributed by atoms with E-state index in [0.29, 0.717) is 61.6 Å². The molecule has 0 amide bonds. The van der Waals surface area contributed by atoms with E-state index in [1.165, 1.54) is 0 Å². The topological polar surface area (TPSA) is 182 Å². The summed E-state index contributed by atoms with van der Waals surface area (Å²) >= 11 is -4.05. The Balaban J connectivity index is 1.43. The van der Waals surface area contributed by atoms with Gasteiger partial charge in [-0.25, -0.2) is 8.42 Å². The van der Waals surface area contributed by atoms with Crippen LogP contribution in [0.1, 0.15) is 95.8 Å². The van der Waals surface area contributed by atoms with Gasteiger partial charge in [0.2, 0.25) is 5.69 Å². The van der Waals surface area contributed by atoms with Gasteiger partial charge >= 0.3 is 5.97 Å². The second-order valence-electron chi connectivity index (χ2n) is 17.0. The number of aryl methyl sites for hydroxylation is 1. The molecule has 6 rings (SSSR count). The Labute approximate surface area is 370 Å². The molecule has 2 aliphatic heterocycles. The molecule has 2 heterocycles. The summed E-state index contributed by atoms with van der Waals surface area (Å²) in [7, 11) is -4.07. The monoisotopic (exact) mass is 905 g/mol. The van der Waals surface area contributed by atoms with Crippen molar-refractivity contribution in [3.8, 4) is 5.75 Å². The van der Waals surface area contributed by atoms with Gasteiger partial charge in [-0.2, -0.15) is 13.0 Å². The zero-order chi connectivity index (χ0) is 44.8. The molecule has 332 valence electrons. The predicted molar refractivity (Wildman–Crippen MR) is 245 cm³/mol. The molecule has 12 nitrogen and oxygen atoms in total. The van der Waals surface area contributed by atoms with Crippen molar-refractivity contribution in [2.24, 2.45) is 0 Å². The van der Waals surface area contributed by atoms with E-state index in [4.69, 9.17) is 4.74 Å². The fourth-order valence-electron chi connectivity index (χ4n) is 8.74. The van der Waals surface area contributed by atoms with E-state index in [0.717, 1.165) is 69.9 Å². The predicted octanol–water partition coefficient (Wildman–Crippen LogP) is 9.01. The number of carbonyl (C=O) groups is 1. The van der Waals surface area contributed by atoms with Crippen molar-refractivity contribution < 1.29 is 49.7 Å². The number of unbranched alkanes of at least 4 members (excludes halogenated alkanes) is 2. The number of carboxylic acid groups (broad SMARTS) is 1. The molecule has 62 heavy (non-hydrogen) atoms. The number of hydrogen-bond donors (Lipinski definition) is 4. The highest BCUT2D eigenvalue weighted by molar-refractivity contribution is 7.85. The molecule has 0 saturated heterocycles. The Bertz CT molecular complexity index is 2500. The minimum Gasteiger partial charge on any atom is -0.481 e. The second kappa shape index (κ2) is 19.9. The summed E-state index contributed by atoms with van der Waals surface area (Å²) in [6.07, 6.45) is 13.3. The van der Waals surface area contributed by atoms with Crippen LogP contribution >= 0.6 is 0 Å². The summed E-state index contributed by atoms with van der Waals surface area (Å²) in [5.41, 5.74) is 7.98. The molecule has 3 aromatic rings. The van der Waals surface area contributed by atoms with E-state index in [-0.39, 0.29) is 23.3 Å². The van der Waals surface area contributed by atoms with Gasteiger partial charge in [-0.3, -0.25) is 9.35 Å². The number of rotatable bonds is 19. The lowest BCUT2D eigenvalue weighted by atomic mass is 9.81. The van der Waals surface area contributed by atoms with Gasteiger partial charge in [0.15, 0.2) is 27.9 Å².